The van der Waals surface area contributed by atoms with E-state index in [1.165, 1.54) is 0 Å². The van der Waals surface area contributed by atoms with Gasteiger partial charge in [0.1, 0.15) is 5.60 Å². The molecule has 0 unspecified atom stereocenters. The van der Waals surface area contributed by atoms with Crippen molar-refractivity contribution >= 4 is 6.09 Å². The molecule has 0 fully saturated rings. The molecule has 0 saturated carbocycles. The Morgan fingerprint density at radius 2 is 2.20 bits per heavy atom. The van der Waals surface area contributed by atoms with Crippen LogP contribution in [0.25, 0.3) is 0 Å². The smallest absolute Gasteiger partial charge is 0.410 e. The fourth-order valence-corrected chi connectivity index (χ4v) is 2.44. The number of hydrogen-bond donors (Lipinski definition) is 0. The second-order valence-electron chi connectivity index (χ2n) is 6.80. The summed E-state index contributed by atoms with van der Waals surface area (Å²) in [6.45, 7) is 11.2. The standard InChI is InChI=1S/C14H24N4O2/c1-10(2)6-11-9-18-12(7-15-16-18)8-17(11)13(19)20-14(3,4)5/h7,10-11H,6,8-9H2,1-5H3/t11-/m0/s1. The highest BCUT2D eigenvalue weighted by atomic mass is 16.6. The minimum atomic E-state index is -0.477. The normalized spacial score (nSPS) is 19.1. The van der Waals surface area contributed by atoms with Crippen molar-refractivity contribution < 1.29 is 9.53 Å². The van der Waals surface area contributed by atoms with E-state index in [-0.39, 0.29) is 12.1 Å². The molecule has 1 aliphatic rings. The maximum atomic E-state index is 12.4. The second kappa shape index (κ2) is 5.42. The van der Waals surface area contributed by atoms with Crippen molar-refractivity contribution in [2.75, 3.05) is 0 Å². The topological polar surface area (TPSA) is 60.2 Å². The van der Waals surface area contributed by atoms with Crippen LogP contribution in [0.15, 0.2) is 6.20 Å². The zero-order chi connectivity index (χ0) is 14.9. The van der Waals surface area contributed by atoms with E-state index >= 15 is 0 Å². The van der Waals surface area contributed by atoms with Gasteiger partial charge in [0.25, 0.3) is 0 Å². The Bertz CT molecular complexity index is 476. The zero-order valence-corrected chi connectivity index (χ0v) is 13.0. The van der Waals surface area contributed by atoms with Crippen LogP contribution >= 0.6 is 0 Å². The molecule has 0 aromatic carbocycles. The van der Waals surface area contributed by atoms with E-state index in [0.29, 0.717) is 19.0 Å². The van der Waals surface area contributed by atoms with Crippen molar-refractivity contribution in [3.05, 3.63) is 11.9 Å². The van der Waals surface area contributed by atoms with Gasteiger partial charge in [-0.1, -0.05) is 19.1 Å². The number of fused-ring (bicyclic) bond motifs is 1. The Hall–Kier alpha value is -1.59. The third kappa shape index (κ3) is 3.49. The molecule has 1 aromatic rings. The molecule has 0 radical (unpaired) electrons. The molecule has 0 bridgehead atoms. The summed E-state index contributed by atoms with van der Waals surface area (Å²) >= 11 is 0. The van der Waals surface area contributed by atoms with Crippen LogP contribution in [0.2, 0.25) is 0 Å². The van der Waals surface area contributed by atoms with Crippen LogP contribution in [0.3, 0.4) is 0 Å². The number of rotatable bonds is 2. The number of nitrogens with zero attached hydrogens (tertiary/aromatic N) is 4. The first kappa shape index (κ1) is 14.8. The molecule has 2 heterocycles. The van der Waals surface area contributed by atoms with E-state index in [1.54, 1.807) is 6.20 Å². The quantitative estimate of drug-likeness (QED) is 0.835. The van der Waals surface area contributed by atoms with Gasteiger partial charge in [-0.15, -0.1) is 5.10 Å². The highest BCUT2D eigenvalue weighted by Gasteiger charge is 2.33. The SMILES string of the molecule is CC(C)C[C@H]1Cn2nncc2CN1C(=O)OC(C)(C)C. The third-order valence-corrected chi connectivity index (χ3v) is 3.23. The molecule has 20 heavy (non-hydrogen) atoms. The number of carbonyl (C=O) groups excluding carboxylic acids is 1. The van der Waals surface area contributed by atoms with Crippen LogP contribution in [0.5, 0.6) is 0 Å². The number of carbonyl (C=O) groups is 1. The Morgan fingerprint density at radius 1 is 1.50 bits per heavy atom. The summed E-state index contributed by atoms with van der Waals surface area (Å²) in [6, 6.07) is 0.110. The number of ether oxygens (including phenoxy) is 1. The first-order valence-corrected chi connectivity index (χ1v) is 7.13. The average molecular weight is 280 g/mol. The lowest BCUT2D eigenvalue weighted by Gasteiger charge is -2.37. The van der Waals surface area contributed by atoms with Gasteiger partial charge in [-0.25, -0.2) is 9.48 Å². The fraction of sp³-hybridized carbons (Fsp3) is 0.786. The van der Waals surface area contributed by atoms with E-state index in [2.05, 4.69) is 24.2 Å². The van der Waals surface area contributed by atoms with Gasteiger partial charge in [0.05, 0.1) is 31.0 Å². The van der Waals surface area contributed by atoms with E-state index in [0.717, 1.165) is 12.1 Å². The second-order valence-corrected chi connectivity index (χ2v) is 6.80. The molecule has 1 amide bonds. The first-order valence-electron chi connectivity index (χ1n) is 7.13. The third-order valence-electron chi connectivity index (χ3n) is 3.23. The predicted molar refractivity (Wildman–Crippen MR) is 75.0 cm³/mol. The van der Waals surface area contributed by atoms with Gasteiger partial charge in [-0.05, 0) is 33.1 Å². The van der Waals surface area contributed by atoms with Crippen LogP contribution in [0.1, 0.15) is 46.7 Å². The fourth-order valence-electron chi connectivity index (χ4n) is 2.44. The maximum absolute atomic E-state index is 12.4. The van der Waals surface area contributed by atoms with E-state index in [9.17, 15) is 4.79 Å². The van der Waals surface area contributed by atoms with Gasteiger partial charge in [0.2, 0.25) is 0 Å². The Labute approximate surface area is 120 Å². The van der Waals surface area contributed by atoms with Crippen molar-refractivity contribution in [2.24, 2.45) is 5.92 Å². The molecule has 0 aliphatic carbocycles. The molecule has 1 atom stereocenters. The van der Waals surface area contributed by atoms with Crippen molar-refractivity contribution in [3.63, 3.8) is 0 Å². The van der Waals surface area contributed by atoms with E-state index in [1.807, 2.05) is 30.4 Å². The minimum absolute atomic E-state index is 0.110. The van der Waals surface area contributed by atoms with Crippen molar-refractivity contribution in [1.82, 2.24) is 19.9 Å². The van der Waals surface area contributed by atoms with Crippen LogP contribution in [-0.2, 0) is 17.8 Å². The van der Waals surface area contributed by atoms with Crippen molar-refractivity contribution in [2.45, 2.75) is 65.8 Å². The molecule has 0 saturated heterocycles. The van der Waals surface area contributed by atoms with Crippen molar-refractivity contribution in [1.29, 1.82) is 0 Å². The molecule has 6 nitrogen and oxygen atoms in total. The summed E-state index contributed by atoms with van der Waals surface area (Å²) in [5.74, 6) is 0.509. The number of hydrogen-bond acceptors (Lipinski definition) is 4. The molecule has 1 aliphatic heterocycles. The Balaban J connectivity index is 2.17. The number of aromatic nitrogens is 3. The molecule has 0 spiro atoms. The molecular weight excluding hydrogens is 256 g/mol. The Kier molecular flexibility index (Phi) is 4.01. The summed E-state index contributed by atoms with van der Waals surface area (Å²) in [7, 11) is 0. The largest absolute Gasteiger partial charge is 0.444 e. The monoisotopic (exact) mass is 280 g/mol. The molecule has 2 rings (SSSR count). The van der Waals surface area contributed by atoms with Crippen LogP contribution in [0, 0.1) is 5.92 Å². The highest BCUT2D eigenvalue weighted by molar-refractivity contribution is 5.68. The summed E-state index contributed by atoms with van der Waals surface area (Å²) in [5, 5.41) is 7.99. The van der Waals surface area contributed by atoms with Gasteiger partial charge in [-0.3, -0.25) is 4.90 Å². The zero-order valence-electron chi connectivity index (χ0n) is 13.0. The minimum Gasteiger partial charge on any atom is -0.444 e. The number of amides is 1. The van der Waals surface area contributed by atoms with Gasteiger partial charge < -0.3 is 4.74 Å². The summed E-state index contributed by atoms with van der Waals surface area (Å²) in [4.78, 5) is 14.2. The van der Waals surface area contributed by atoms with Crippen LogP contribution in [-0.4, -0.2) is 37.6 Å². The van der Waals surface area contributed by atoms with Crippen LogP contribution < -0.4 is 0 Å². The summed E-state index contributed by atoms with van der Waals surface area (Å²) in [5.41, 5.74) is 0.478. The lowest BCUT2D eigenvalue weighted by Crippen LogP contribution is -2.48. The maximum Gasteiger partial charge on any atom is 0.410 e. The van der Waals surface area contributed by atoms with Crippen LogP contribution in [0.4, 0.5) is 4.79 Å². The molecule has 0 N–H and O–H groups in total. The van der Waals surface area contributed by atoms with Gasteiger partial charge >= 0.3 is 6.09 Å². The predicted octanol–water partition coefficient (Wildman–Crippen LogP) is 2.44. The van der Waals surface area contributed by atoms with E-state index in [4.69, 9.17) is 4.74 Å². The summed E-state index contributed by atoms with van der Waals surface area (Å²) < 4.78 is 7.40. The lowest BCUT2D eigenvalue weighted by molar-refractivity contribution is 0.00404. The molecule has 6 heteroatoms. The molecule has 112 valence electrons. The lowest BCUT2D eigenvalue weighted by atomic mass is 10.0. The average Bonchev–Trinajstić information content (AvgIpc) is 2.71. The highest BCUT2D eigenvalue weighted by Crippen LogP contribution is 2.23. The van der Waals surface area contributed by atoms with Crippen molar-refractivity contribution in [3.8, 4) is 0 Å². The Morgan fingerprint density at radius 3 is 2.80 bits per heavy atom. The first-order chi connectivity index (χ1) is 9.26. The summed E-state index contributed by atoms with van der Waals surface area (Å²) in [6.07, 6.45) is 2.39. The molecular formula is C14H24N4O2. The van der Waals surface area contributed by atoms with Gasteiger partial charge in [-0.2, -0.15) is 0 Å². The van der Waals surface area contributed by atoms with Gasteiger partial charge in [0.15, 0.2) is 0 Å². The van der Waals surface area contributed by atoms with Gasteiger partial charge in [0, 0.05) is 0 Å². The van der Waals surface area contributed by atoms with E-state index < -0.39 is 5.60 Å². The molecule has 1 aromatic heterocycles.